The molecule has 11 heteroatoms. The standard InChI is InChI=1S/C22H22N4O6S/c1-14-4-7-18(15(2)10-14)25-33(30,31)17-6-8-19(20(12-17)26(28)29)24-23-13-16-5-9-22(32-3)21(27)11-16/h4-13,24-25,27H,1-3H3/b23-13+. The highest BCUT2D eigenvalue weighted by molar-refractivity contribution is 7.92. The molecule has 0 amide bonds. The SMILES string of the molecule is COc1ccc(/C=N/Nc2ccc(S(=O)(=O)Nc3ccc(C)cc3C)cc2[N+](=O)[O-])cc1O. The van der Waals surface area contributed by atoms with Gasteiger partial charge >= 0.3 is 0 Å². The zero-order valence-electron chi connectivity index (χ0n) is 18.1. The van der Waals surface area contributed by atoms with E-state index >= 15 is 0 Å². The number of aryl methyl sites for hydroxylation is 2. The average molecular weight is 471 g/mol. The summed E-state index contributed by atoms with van der Waals surface area (Å²) in [5.41, 5.74) is 4.68. The quantitative estimate of drug-likeness (QED) is 0.255. The van der Waals surface area contributed by atoms with Gasteiger partial charge in [-0.05, 0) is 61.4 Å². The number of anilines is 2. The molecule has 0 heterocycles. The predicted molar refractivity (Wildman–Crippen MR) is 126 cm³/mol. The molecule has 3 aromatic carbocycles. The van der Waals surface area contributed by atoms with Gasteiger partial charge in [-0.15, -0.1) is 0 Å². The van der Waals surface area contributed by atoms with E-state index in [9.17, 15) is 23.6 Å². The molecule has 0 fully saturated rings. The number of nitrogens with one attached hydrogen (secondary N) is 2. The maximum atomic E-state index is 12.8. The molecule has 0 unspecified atom stereocenters. The smallest absolute Gasteiger partial charge is 0.295 e. The molecule has 3 rings (SSSR count). The fraction of sp³-hybridized carbons (Fsp3) is 0.136. The molecule has 0 aromatic heterocycles. The first-order valence-corrected chi connectivity index (χ1v) is 11.1. The topological polar surface area (TPSA) is 143 Å². The summed E-state index contributed by atoms with van der Waals surface area (Å²) in [4.78, 5) is 10.6. The second-order valence-electron chi connectivity index (χ2n) is 7.16. The second kappa shape index (κ2) is 9.57. The van der Waals surface area contributed by atoms with Crippen molar-refractivity contribution >= 4 is 33.3 Å². The third-order valence-electron chi connectivity index (χ3n) is 4.70. The summed E-state index contributed by atoms with van der Waals surface area (Å²) in [6, 6.07) is 13.3. The number of benzene rings is 3. The minimum atomic E-state index is -4.06. The maximum absolute atomic E-state index is 12.8. The van der Waals surface area contributed by atoms with Gasteiger partial charge in [-0.1, -0.05) is 17.7 Å². The van der Waals surface area contributed by atoms with Gasteiger partial charge in [-0.2, -0.15) is 5.10 Å². The molecule has 0 radical (unpaired) electrons. The van der Waals surface area contributed by atoms with Crippen molar-refractivity contribution in [1.29, 1.82) is 0 Å². The molecule has 0 aliphatic heterocycles. The molecule has 0 spiro atoms. The molecular weight excluding hydrogens is 448 g/mol. The van der Waals surface area contributed by atoms with Gasteiger partial charge in [0.2, 0.25) is 0 Å². The van der Waals surface area contributed by atoms with Crippen molar-refractivity contribution in [3.05, 3.63) is 81.4 Å². The van der Waals surface area contributed by atoms with Crippen molar-refractivity contribution in [2.75, 3.05) is 17.3 Å². The average Bonchev–Trinajstić information content (AvgIpc) is 2.76. The van der Waals surface area contributed by atoms with Crippen LogP contribution in [-0.2, 0) is 10.0 Å². The molecule has 0 saturated heterocycles. The lowest BCUT2D eigenvalue weighted by atomic mass is 10.1. The zero-order valence-corrected chi connectivity index (χ0v) is 18.9. The minimum Gasteiger partial charge on any atom is -0.504 e. The number of aromatic hydroxyl groups is 1. The van der Waals surface area contributed by atoms with Crippen LogP contribution in [0.2, 0.25) is 0 Å². The van der Waals surface area contributed by atoms with Crippen LogP contribution in [0.25, 0.3) is 0 Å². The summed E-state index contributed by atoms with van der Waals surface area (Å²) in [5, 5.41) is 25.3. The normalized spacial score (nSPS) is 11.4. The Hall–Kier alpha value is -4.12. The largest absolute Gasteiger partial charge is 0.504 e. The Morgan fingerprint density at radius 2 is 1.79 bits per heavy atom. The number of sulfonamides is 1. The number of nitro groups is 1. The molecule has 0 atom stereocenters. The van der Waals surface area contributed by atoms with Gasteiger partial charge in [0.1, 0.15) is 5.69 Å². The second-order valence-corrected chi connectivity index (χ2v) is 8.84. The fourth-order valence-corrected chi connectivity index (χ4v) is 4.17. The Morgan fingerprint density at radius 1 is 1.06 bits per heavy atom. The van der Waals surface area contributed by atoms with Gasteiger partial charge in [0.05, 0.1) is 28.8 Å². The highest BCUT2D eigenvalue weighted by atomic mass is 32.2. The van der Waals surface area contributed by atoms with Crippen LogP contribution in [0.3, 0.4) is 0 Å². The summed E-state index contributed by atoms with van der Waals surface area (Å²) >= 11 is 0. The lowest BCUT2D eigenvalue weighted by Crippen LogP contribution is -2.14. The number of nitrogens with zero attached hydrogens (tertiary/aromatic N) is 2. The lowest BCUT2D eigenvalue weighted by Gasteiger charge is -2.12. The van der Waals surface area contributed by atoms with E-state index in [2.05, 4.69) is 15.2 Å². The van der Waals surface area contributed by atoms with Crippen LogP contribution in [0.1, 0.15) is 16.7 Å². The van der Waals surface area contributed by atoms with Crippen LogP contribution >= 0.6 is 0 Å². The van der Waals surface area contributed by atoms with Crippen molar-refractivity contribution in [1.82, 2.24) is 0 Å². The van der Waals surface area contributed by atoms with E-state index in [-0.39, 0.29) is 16.3 Å². The van der Waals surface area contributed by atoms with Crippen LogP contribution in [0.5, 0.6) is 11.5 Å². The number of phenols is 1. The van der Waals surface area contributed by atoms with Crippen LogP contribution in [0.4, 0.5) is 17.1 Å². The van der Waals surface area contributed by atoms with Crippen molar-refractivity contribution < 1.29 is 23.2 Å². The van der Waals surface area contributed by atoms with Crippen LogP contribution < -0.4 is 14.9 Å². The van der Waals surface area contributed by atoms with Gasteiger partial charge in [-0.3, -0.25) is 20.3 Å². The Morgan fingerprint density at radius 3 is 2.42 bits per heavy atom. The number of phenolic OH excluding ortho intramolecular Hbond substituents is 1. The first-order valence-electron chi connectivity index (χ1n) is 9.65. The number of methoxy groups -OCH3 is 1. The van der Waals surface area contributed by atoms with Crippen molar-refractivity contribution in [2.24, 2.45) is 5.10 Å². The van der Waals surface area contributed by atoms with E-state index < -0.39 is 20.6 Å². The predicted octanol–water partition coefficient (Wildman–Crippen LogP) is 4.17. The van der Waals surface area contributed by atoms with E-state index in [1.54, 1.807) is 31.2 Å². The molecule has 0 saturated carbocycles. The summed E-state index contributed by atoms with van der Waals surface area (Å²) in [5.74, 6) is 0.209. The van der Waals surface area contributed by atoms with Crippen molar-refractivity contribution in [3.63, 3.8) is 0 Å². The van der Waals surface area contributed by atoms with Crippen molar-refractivity contribution in [2.45, 2.75) is 18.7 Å². The molecule has 172 valence electrons. The Bertz CT molecular complexity index is 1340. The zero-order chi connectivity index (χ0) is 24.2. The van der Waals surface area contributed by atoms with Gasteiger partial charge < -0.3 is 9.84 Å². The van der Waals surface area contributed by atoms with Gasteiger partial charge in [0.25, 0.3) is 15.7 Å². The summed E-state index contributed by atoms with van der Waals surface area (Å²) in [7, 11) is -2.64. The Kier molecular flexibility index (Phi) is 6.83. The first kappa shape index (κ1) is 23.5. The van der Waals surface area contributed by atoms with Gasteiger partial charge in [-0.25, -0.2) is 8.42 Å². The number of nitro benzene ring substituents is 1. The molecule has 0 aliphatic carbocycles. The number of hydrogen-bond acceptors (Lipinski definition) is 8. The Balaban J connectivity index is 1.84. The number of hydrazone groups is 1. The molecular formula is C22H22N4O6S. The van der Waals surface area contributed by atoms with E-state index in [0.29, 0.717) is 17.0 Å². The summed E-state index contributed by atoms with van der Waals surface area (Å²) < 4.78 is 33.0. The lowest BCUT2D eigenvalue weighted by molar-refractivity contribution is -0.384. The fourth-order valence-electron chi connectivity index (χ4n) is 3.02. The number of ether oxygens (including phenoxy) is 1. The highest BCUT2D eigenvalue weighted by Gasteiger charge is 2.22. The molecule has 33 heavy (non-hydrogen) atoms. The maximum Gasteiger partial charge on any atom is 0.295 e. The van der Waals surface area contributed by atoms with E-state index in [1.165, 1.54) is 31.5 Å². The third-order valence-corrected chi connectivity index (χ3v) is 6.07. The molecule has 3 N–H and O–H groups in total. The monoisotopic (exact) mass is 470 g/mol. The van der Waals surface area contributed by atoms with Gasteiger partial charge in [0.15, 0.2) is 11.5 Å². The highest BCUT2D eigenvalue weighted by Crippen LogP contribution is 2.29. The number of hydrogen-bond donors (Lipinski definition) is 3. The van der Waals surface area contributed by atoms with Crippen LogP contribution in [0.15, 0.2) is 64.6 Å². The molecule has 0 aliphatic rings. The summed E-state index contributed by atoms with van der Waals surface area (Å²) in [6.45, 7) is 3.65. The third kappa shape index (κ3) is 5.57. The molecule has 10 nitrogen and oxygen atoms in total. The van der Waals surface area contributed by atoms with Crippen LogP contribution in [-0.4, -0.2) is 31.8 Å². The summed E-state index contributed by atoms with van der Waals surface area (Å²) in [6.07, 6.45) is 1.34. The molecule has 3 aromatic rings. The van der Waals surface area contributed by atoms with E-state index in [1.807, 2.05) is 13.0 Å². The van der Waals surface area contributed by atoms with E-state index in [4.69, 9.17) is 4.74 Å². The van der Waals surface area contributed by atoms with Gasteiger partial charge in [0, 0.05) is 6.07 Å². The van der Waals surface area contributed by atoms with Crippen LogP contribution in [0, 0.1) is 24.0 Å². The number of rotatable bonds is 8. The minimum absolute atomic E-state index is 0.000509. The Labute approximate surface area is 190 Å². The van der Waals surface area contributed by atoms with E-state index in [0.717, 1.165) is 17.2 Å². The molecule has 0 bridgehead atoms. The van der Waals surface area contributed by atoms with Crippen molar-refractivity contribution in [3.8, 4) is 11.5 Å². The first-order chi connectivity index (χ1) is 15.6.